The Labute approximate surface area is 356 Å². The number of ether oxygens (including phenoxy) is 1. The third-order valence-corrected chi connectivity index (χ3v) is 14.4. The summed E-state index contributed by atoms with van der Waals surface area (Å²) in [4.78, 5) is 23.9. The average Bonchev–Trinajstić information content (AvgIpc) is 3.98. The Morgan fingerprint density at radius 2 is 1.12 bits per heavy atom. The fourth-order valence-corrected chi connectivity index (χ4v) is 8.09. The molecule has 0 spiro atoms. The fourth-order valence-electron chi connectivity index (χ4n) is 5.11. The smallest absolute Gasteiger partial charge is 0.269 e. The number of sulfone groups is 2. The summed E-state index contributed by atoms with van der Waals surface area (Å²) >= 11 is 0. The van der Waals surface area contributed by atoms with E-state index in [2.05, 4.69) is 59.0 Å². The van der Waals surface area contributed by atoms with Crippen LogP contribution in [0, 0.1) is 15.5 Å². The highest BCUT2D eigenvalue weighted by Crippen LogP contribution is 2.35. The molecule has 0 unspecified atom stereocenters. The quantitative estimate of drug-likeness (QED) is 0.199. The van der Waals surface area contributed by atoms with Crippen LogP contribution in [0.1, 0.15) is 122 Å². The van der Waals surface area contributed by atoms with Crippen molar-refractivity contribution in [2.45, 2.75) is 147 Å². The number of carbonyl (C=O) groups excluding carboxylic acids is 1. The van der Waals surface area contributed by atoms with Gasteiger partial charge in [0.15, 0.2) is 19.7 Å². The molecule has 1 aliphatic carbocycles. The van der Waals surface area contributed by atoms with Gasteiger partial charge in [-0.15, -0.1) is 0 Å². The molecule has 1 aliphatic heterocycles. The molecule has 3 aromatic carbocycles. The van der Waals surface area contributed by atoms with E-state index in [-0.39, 0.29) is 38.1 Å². The van der Waals surface area contributed by atoms with E-state index >= 15 is 0 Å². The Hall–Kier alpha value is -3.81. The number of rotatable bonds is 4. The first-order chi connectivity index (χ1) is 26.7. The summed E-state index contributed by atoms with van der Waals surface area (Å²) in [6.07, 6.45) is 1.75. The first-order valence-corrected chi connectivity index (χ1v) is 23.2. The van der Waals surface area contributed by atoms with E-state index in [1.807, 2.05) is 49.9 Å². The molecule has 332 valence electrons. The molecule has 2 aliphatic rings. The lowest BCUT2D eigenvalue weighted by Crippen LogP contribution is -2.45. The van der Waals surface area contributed by atoms with Crippen LogP contribution in [0.15, 0.2) is 89.8 Å². The second-order valence-corrected chi connectivity index (χ2v) is 25.4. The molecule has 0 bridgehead atoms. The van der Waals surface area contributed by atoms with E-state index in [0.29, 0.717) is 18.1 Å². The lowest BCUT2D eigenvalue weighted by atomic mass is 9.87. The van der Waals surface area contributed by atoms with Gasteiger partial charge in [-0.3, -0.25) is 14.9 Å². The minimum Gasteiger partial charge on any atom is -0.380 e. The minimum atomic E-state index is -3.18. The van der Waals surface area contributed by atoms with Crippen LogP contribution in [0.4, 0.5) is 11.4 Å². The van der Waals surface area contributed by atoms with Crippen molar-refractivity contribution in [1.82, 2.24) is 4.90 Å². The summed E-state index contributed by atoms with van der Waals surface area (Å²) in [5.74, 6) is 0.228. The SMILES string of the molecule is CC(C)(C)C(=O)N1CCOCC1.CC(C)(C)Nc1ccccc1.CC(C)(C)S(=O)(=O)C1CC1.CC(C)(C)S(=O)(=O)c1ccccc1.CC(C)(C)c1ccc([N+](=O)[O-])cc1. The van der Waals surface area contributed by atoms with Gasteiger partial charge in [-0.2, -0.15) is 0 Å². The van der Waals surface area contributed by atoms with Gasteiger partial charge in [0, 0.05) is 41.9 Å². The monoisotopic (exact) mass is 859 g/mol. The lowest BCUT2D eigenvalue weighted by molar-refractivity contribution is -0.384. The summed E-state index contributed by atoms with van der Waals surface area (Å²) < 4.78 is 50.4. The zero-order valence-corrected chi connectivity index (χ0v) is 40.0. The maximum absolute atomic E-state index is 11.9. The number of benzene rings is 3. The van der Waals surface area contributed by atoms with Crippen LogP contribution >= 0.6 is 0 Å². The Morgan fingerprint density at radius 3 is 1.44 bits per heavy atom. The summed E-state index contributed by atoms with van der Waals surface area (Å²) in [7, 11) is -5.98. The van der Waals surface area contributed by atoms with E-state index in [1.165, 1.54) is 5.69 Å². The molecule has 1 saturated carbocycles. The number of non-ortho nitro benzene ring substituents is 1. The van der Waals surface area contributed by atoms with Gasteiger partial charge in [-0.1, -0.05) is 90.1 Å². The van der Waals surface area contributed by atoms with Crippen LogP contribution < -0.4 is 5.32 Å². The number of nitro groups is 1. The number of nitro benzene ring substituents is 1. The number of para-hydroxylation sites is 1. The van der Waals surface area contributed by atoms with Crippen LogP contribution in [0.25, 0.3) is 0 Å². The first kappa shape index (κ1) is 53.2. The topological polar surface area (TPSA) is 153 Å². The molecule has 1 heterocycles. The number of morpholine rings is 1. The van der Waals surface area contributed by atoms with Gasteiger partial charge in [0.25, 0.3) is 5.69 Å². The van der Waals surface area contributed by atoms with Gasteiger partial charge in [0.2, 0.25) is 5.91 Å². The maximum atomic E-state index is 11.9. The van der Waals surface area contributed by atoms with Crippen molar-refractivity contribution in [2.75, 3.05) is 31.6 Å². The van der Waals surface area contributed by atoms with Crippen LogP contribution in [0.2, 0.25) is 0 Å². The molecule has 1 saturated heterocycles. The van der Waals surface area contributed by atoms with Crippen LogP contribution in [-0.2, 0) is 34.6 Å². The van der Waals surface area contributed by atoms with Crippen molar-refractivity contribution in [3.05, 3.63) is 101 Å². The van der Waals surface area contributed by atoms with Crippen molar-refractivity contribution in [3.63, 3.8) is 0 Å². The van der Waals surface area contributed by atoms with Crippen LogP contribution in [0.5, 0.6) is 0 Å². The molecule has 11 nitrogen and oxygen atoms in total. The average molecular weight is 860 g/mol. The maximum Gasteiger partial charge on any atom is 0.269 e. The molecule has 2 fully saturated rings. The molecule has 13 heteroatoms. The summed E-state index contributed by atoms with van der Waals surface area (Å²) in [6, 6.07) is 25.5. The van der Waals surface area contributed by atoms with E-state index in [4.69, 9.17) is 4.74 Å². The van der Waals surface area contributed by atoms with Crippen LogP contribution in [-0.4, -0.2) is 79.2 Å². The number of nitrogens with zero attached hydrogens (tertiary/aromatic N) is 2. The third-order valence-electron chi connectivity index (χ3n) is 8.85. The molecule has 5 rings (SSSR count). The van der Waals surface area contributed by atoms with Crippen molar-refractivity contribution < 1.29 is 31.3 Å². The Kier molecular flexibility index (Phi) is 19.5. The van der Waals surface area contributed by atoms with Crippen molar-refractivity contribution in [1.29, 1.82) is 0 Å². The Balaban J connectivity index is 0.000000370. The third kappa shape index (κ3) is 19.0. The number of carbonyl (C=O) groups is 1. The Bertz CT molecular complexity index is 1940. The summed E-state index contributed by atoms with van der Waals surface area (Å²) in [5.41, 5.74) is 2.39. The van der Waals surface area contributed by atoms with E-state index in [0.717, 1.165) is 31.5 Å². The van der Waals surface area contributed by atoms with Gasteiger partial charge in [0.05, 0.1) is 37.8 Å². The molecule has 59 heavy (non-hydrogen) atoms. The Morgan fingerprint density at radius 1 is 0.678 bits per heavy atom. The number of anilines is 1. The van der Waals surface area contributed by atoms with Gasteiger partial charge >= 0.3 is 0 Å². The second-order valence-electron chi connectivity index (χ2n) is 19.7. The number of hydrogen-bond acceptors (Lipinski definition) is 9. The fraction of sp³-hybridized carbons (Fsp3) is 0.587. The first-order valence-electron chi connectivity index (χ1n) is 20.2. The molecular formula is C46H73N3O8S2. The standard InChI is InChI=1S/C10H13NO2.C10H15N.C10H14O2S.C9H17NO2.C7H14O2S/c1-10(2,3)8-4-6-9(7-5-8)11(12)13;1-10(2,3)11-9-7-5-4-6-8-9;1-10(2,3)13(11,12)9-7-5-4-6-8-9;1-9(2,3)8(11)10-4-6-12-7-5-10;1-7(2,3)10(8,9)6-4-5-6/h4-7H,1-3H3;4-8,11H,1-3H3;4-8H,1-3H3;4-7H2,1-3H3;6H,4-5H2,1-3H3. The number of hydrogen-bond donors (Lipinski definition) is 1. The zero-order valence-electron chi connectivity index (χ0n) is 38.4. The van der Waals surface area contributed by atoms with Crippen molar-refractivity contribution in [3.8, 4) is 0 Å². The van der Waals surface area contributed by atoms with Gasteiger partial charge in [0.1, 0.15) is 0 Å². The molecule has 0 radical (unpaired) electrons. The van der Waals surface area contributed by atoms with Crippen LogP contribution in [0.3, 0.4) is 0 Å². The highest BCUT2D eigenvalue weighted by molar-refractivity contribution is 7.93. The predicted molar refractivity (Wildman–Crippen MR) is 244 cm³/mol. The van der Waals surface area contributed by atoms with Crippen molar-refractivity contribution >= 4 is 37.0 Å². The highest BCUT2D eigenvalue weighted by atomic mass is 32.2. The lowest BCUT2D eigenvalue weighted by Gasteiger charge is -2.32. The van der Waals surface area contributed by atoms with E-state index in [9.17, 15) is 31.7 Å². The molecule has 0 atom stereocenters. The minimum absolute atomic E-state index is 0.0208. The molecule has 1 N–H and O–H groups in total. The normalized spacial score (nSPS) is 14.9. The summed E-state index contributed by atoms with van der Waals surface area (Å²) in [6.45, 7) is 31.8. The van der Waals surface area contributed by atoms with Gasteiger partial charge in [-0.05, 0) is 110 Å². The predicted octanol–water partition coefficient (Wildman–Crippen LogP) is 10.3. The van der Waals surface area contributed by atoms with E-state index < -0.39 is 29.2 Å². The van der Waals surface area contributed by atoms with E-state index in [1.54, 1.807) is 90.1 Å². The van der Waals surface area contributed by atoms with Crippen molar-refractivity contribution in [2.24, 2.45) is 5.41 Å². The molecule has 3 aromatic rings. The molecule has 1 amide bonds. The number of amides is 1. The van der Waals surface area contributed by atoms with Gasteiger partial charge in [-0.25, -0.2) is 16.8 Å². The number of nitrogens with one attached hydrogen (secondary N) is 1. The second kappa shape index (κ2) is 21.6. The molecule has 0 aromatic heterocycles. The summed E-state index contributed by atoms with van der Waals surface area (Å²) in [5, 5.41) is 13.7. The molecular weight excluding hydrogens is 787 g/mol. The van der Waals surface area contributed by atoms with Gasteiger partial charge < -0.3 is 15.0 Å². The largest absolute Gasteiger partial charge is 0.380 e. The zero-order chi connectivity index (χ0) is 45.7. The highest BCUT2D eigenvalue weighted by Gasteiger charge is 2.43.